The highest BCUT2D eigenvalue weighted by Crippen LogP contribution is 2.23. The molecule has 186 valence electrons. The molecule has 0 bridgehead atoms. The number of benzene rings is 2. The Kier molecular flexibility index (Phi) is 6.79. The zero-order chi connectivity index (χ0) is 26.1. The lowest BCUT2D eigenvalue weighted by atomic mass is 10.1. The summed E-state index contributed by atoms with van der Waals surface area (Å²) in [5, 5.41) is 0.335. The number of ketones is 1. The highest BCUT2D eigenvalue weighted by Gasteiger charge is 2.20. The average molecular weight is 488 g/mol. The molecular weight excluding hydrogens is 458 g/mol. The first kappa shape index (κ1) is 24.9. The second-order valence-corrected chi connectivity index (χ2v) is 8.91. The first-order valence-electron chi connectivity index (χ1n) is 11.8. The minimum absolute atomic E-state index is 0.173. The number of Topliss-reactive ketones (excluding diaryl/α,β-unsaturated/α-hetero) is 1. The Bertz CT molecular complexity index is 1620. The van der Waals surface area contributed by atoms with Crippen molar-refractivity contribution in [3.05, 3.63) is 97.4 Å². The fraction of sp³-hybridized carbons (Fsp3) is 0.286. The van der Waals surface area contributed by atoms with Crippen molar-refractivity contribution in [2.24, 2.45) is 0 Å². The molecular formula is C28H29N3O5. The summed E-state index contributed by atoms with van der Waals surface area (Å²) < 4.78 is 9.55. The number of carbonyl (C=O) groups excluding carboxylic acids is 2. The molecule has 0 spiro atoms. The summed E-state index contributed by atoms with van der Waals surface area (Å²) in [7, 11) is 0. The molecule has 0 unspecified atom stereocenters. The van der Waals surface area contributed by atoms with E-state index in [0.717, 1.165) is 27.2 Å². The van der Waals surface area contributed by atoms with Crippen molar-refractivity contribution in [2.75, 3.05) is 6.61 Å². The van der Waals surface area contributed by atoms with Crippen LogP contribution in [0.4, 0.5) is 0 Å². The van der Waals surface area contributed by atoms with Crippen LogP contribution in [0.25, 0.3) is 16.6 Å². The fourth-order valence-electron chi connectivity index (χ4n) is 4.51. The number of ether oxygens (including phenoxy) is 1. The third-order valence-corrected chi connectivity index (χ3v) is 6.58. The number of rotatable bonds is 7. The third-order valence-electron chi connectivity index (χ3n) is 6.58. The topological polar surface area (TPSA) is 92.3 Å². The van der Waals surface area contributed by atoms with Gasteiger partial charge in [-0.1, -0.05) is 18.2 Å². The van der Waals surface area contributed by atoms with Crippen molar-refractivity contribution in [3.63, 3.8) is 0 Å². The minimum atomic E-state index is -0.736. The fourth-order valence-corrected chi connectivity index (χ4v) is 4.51. The number of aryl methyl sites for hydroxylation is 3. The van der Waals surface area contributed by atoms with Gasteiger partial charge < -0.3 is 9.30 Å². The zero-order valence-corrected chi connectivity index (χ0v) is 21.1. The van der Waals surface area contributed by atoms with Crippen LogP contribution >= 0.6 is 0 Å². The number of para-hydroxylation sites is 1. The Hall–Kier alpha value is -4.20. The van der Waals surface area contributed by atoms with Gasteiger partial charge >= 0.3 is 11.7 Å². The molecule has 2 heterocycles. The highest BCUT2D eigenvalue weighted by molar-refractivity contribution is 5.99. The van der Waals surface area contributed by atoms with Crippen LogP contribution in [-0.2, 0) is 22.6 Å². The number of hydrogen-bond donors (Lipinski definition) is 0. The van der Waals surface area contributed by atoms with Gasteiger partial charge in [0, 0.05) is 29.2 Å². The van der Waals surface area contributed by atoms with Gasteiger partial charge in [0.25, 0.3) is 5.56 Å². The molecule has 0 fully saturated rings. The number of fused-ring (bicyclic) bond motifs is 1. The number of aromatic nitrogens is 3. The summed E-state index contributed by atoms with van der Waals surface area (Å²) in [4.78, 5) is 51.0. The Morgan fingerprint density at radius 3 is 2.31 bits per heavy atom. The Morgan fingerprint density at radius 2 is 1.61 bits per heavy atom. The van der Waals surface area contributed by atoms with Gasteiger partial charge in [0.2, 0.25) is 5.78 Å². The largest absolute Gasteiger partial charge is 0.456 e. The van der Waals surface area contributed by atoms with Crippen LogP contribution < -0.4 is 11.2 Å². The van der Waals surface area contributed by atoms with Crippen LogP contribution in [-0.4, -0.2) is 32.1 Å². The maximum absolute atomic E-state index is 13.0. The number of nitrogens with zero attached hydrogens (tertiary/aromatic N) is 3. The van der Waals surface area contributed by atoms with Crippen molar-refractivity contribution in [1.82, 2.24) is 13.7 Å². The average Bonchev–Trinajstić information content (AvgIpc) is 3.16. The highest BCUT2D eigenvalue weighted by atomic mass is 16.5. The van der Waals surface area contributed by atoms with E-state index in [9.17, 15) is 19.2 Å². The van der Waals surface area contributed by atoms with Crippen LogP contribution in [0.15, 0.2) is 58.1 Å². The summed E-state index contributed by atoms with van der Waals surface area (Å²) >= 11 is 0. The standard InChI is InChI=1S/C28H29N3O5/c1-6-29-27(34)22-9-7-8-10-24(22)30(28(29)35)15-26(33)36-16-25(32)23-14-19(4)31(20(23)5)21-12-11-17(2)18(3)13-21/h7-14H,6,15-16H2,1-5H3. The SMILES string of the molecule is CCn1c(=O)c2ccccc2n(CC(=O)OCC(=O)c2cc(C)n(-c3ccc(C)c(C)c3)c2C)c1=O. The van der Waals surface area contributed by atoms with Gasteiger partial charge in [0.15, 0.2) is 6.61 Å². The van der Waals surface area contributed by atoms with E-state index in [4.69, 9.17) is 4.74 Å². The second-order valence-electron chi connectivity index (χ2n) is 8.91. The van der Waals surface area contributed by atoms with Gasteiger partial charge in [-0.2, -0.15) is 0 Å². The predicted octanol–water partition coefficient (Wildman–Crippen LogP) is 3.63. The van der Waals surface area contributed by atoms with E-state index in [1.807, 2.05) is 44.4 Å². The number of esters is 1. The number of carbonyl (C=O) groups is 2. The van der Waals surface area contributed by atoms with Gasteiger partial charge in [-0.05, 0) is 76.1 Å². The molecule has 0 amide bonds. The molecule has 4 rings (SSSR count). The van der Waals surface area contributed by atoms with Gasteiger partial charge in [-0.25, -0.2) is 4.79 Å². The van der Waals surface area contributed by atoms with Gasteiger partial charge in [-0.15, -0.1) is 0 Å². The van der Waals surface area contributed by atoms with Crippen LogP contribution in [0.2, 0.25) is 0 Å². The monoisotopic (exact) mass is 487 g/mol. The van der Waals surface area contributed by atoms with Crippen molar-refractivity contribution in [3.8, 4) is 5.69 Å². The minimum Gasteiger partial charge on any atom is -0.456 e. The molecule has 8 nitrogen and oxygen atoms in total. The first-order chi connectivity index (χ1) is 17.1. The molecule has 8 heteroatoms. The summed E-state index contributed by atoms with van der Waals surface area (Å²) in [5.41, 5.74) is 4.77. The normalized spacial score (nSPS) is 11.1. The Morgan fingerprint density at radius 1 is 0.889 bits per heavy atom. The molecule has 0 aliphatic carbocycles. The maximum Gasteiger partial charge on any atom is 0.332 e. The molecule has 2 aromatic carbocycles. The van der Waals surface area contributed by atoms with E-state index < -0.39 is 30.4 Å². The lowest BCUT2D eigenvalue weighted by Crippen LogP contribution is -2.41. The third kappa shape index (κ3) is 4.42. The molecule has 0 saturated carbocycles. The maximum atomic E-state index is 13.0. The van der Waals surface area contributed by atoms with Crippen LogP contribution in [0, 0.1) is 27.7 Å². The molecule has 0 N–H and O–H groups in total. The van der Waals surface area contributed by atoms with Gasteiger partial charge in [0.1, 0.15) is 6.54 Å². The molecule has 0 aliphatic rings. The molecule has 36 heavy (non-hydrogen) atoms. The van der Waals surface area contributed by atoms with E-state index in [0.29, 0.717) is 16.5 Å². The van der Waals surface area contributed by atoms with E-state index in [1.54, 1.807) is 37.3 Å². The zero-order valence-electron chi connectivity index (χ0n) is 21.1. The number of hydrogen-bond acceptors (Lipinski definition) is 5. The van der Waals surface area contributed by atoms with Crippen molar-refractivity contribution in [2.45, 2.75) is 47.7 Å². The quantitative estimate of drug-likeness (QED) is 0.293. The van der Waals surface area contributed by atoms with Crippen molar-refractivity contribution in [1.29, 1.82) is 0 Å². The van der Waals surface area contributed by atoms with E-state index >= 15 is 0 Å². The second kappa shape index (κ2) is 9.81. The first-order valence-corrected chi connectivity index (χ1v) is 11.8. The summed E-state index contributed by atoms with van der Waals surface area (Å²) in [6, 6.07) is 14.5. The lowest BCUT2D eigenvalue weighted by Gasteiger charge is -2.13. The summed E-state index contributed by atoms with van der Waals surface area (Å²) in [6.45, 7) is 8.87. The summed E-state index contributed by atoms with van der Waals surface area (Å²) in [6.07, 6.45) is 0. The van der Waals surface area contributed by atoms with Crippen LogP contribution in [0.3, 0.4) is 0 Å². The Labute approximate surface area is 208 Å². The van der Waals surface area contributed by atoms with Gasteiger partial charge in [-0.3, -0.25) is 23.5 Å². The molecule has 0 radical (unpaired) electrons. The van der Waals surface area contributed by atoms with Crippen molar-refractivity contribution >= 4 is 22.7 Å². The Balaban J connectivity index is 1.55. The van der Waals surface area contributed by atoms with Crippen LogP contribution in [0.5, 0.6) is 0 Å². The van der Waals surface area contributed by atoms with Crippen LogP contribution in [0.1, 0.15) is 39.8 Å². The van der Waals surface area contributed by atoms with E-state index in [-0.39, 0.29) is 12.3 Å². The predicted molar refractivity (Wildman–Crippen MR) is 138 cm³/mol. The molecule has 0 atom stereocenters. The molecule has 2 aromatic heterocycles. The van der Waals surface area contributed by atoms with Crippen molar-refractivity contribution < 1.29 is 14.3 Å². The smallest absolute Gasteiger partial charge is 0.332 e. The van der Waals surface area contributed by atoms with Gasteiger partial charge in [0.05, 0.1) is 10.9 Å². The molecule has 0 aliphatic heterocycles. The lowest BCUT2D eigenvalue weighted by molar-refractivity contribution is -0.143. The molecule has 0 saturated heterocycles. The van der Waals surface area contributed by atoms with E-state index in [1.165, 1.54) is 10.1 Å². The van der Waals surface area contributed by atoms with E-state index in [2.05, 4.69) is 6.07 Å². The summed E-state index contributed by atoms with van der Waals surface area (Å²) in [5.74, 6) is -1.07. The molecule has 4 aromatic rings.